The first-order valence-electron chi connectivity index (χ1n) is 6.86. The molecular weight excluding hydrogens is 260 g/mol. The number of nitrogens with one attached hydrogen (secondary N) is 1. The summed E-state index contributed by atoms with van der Waals surface area (Å²) in [4.78, 5) is 23.0. The predicted molar refractivity (Wildman–Crippen MR) is 77.3 cm³/mol. The van der Waals surface area contributed by atoms with Crippen molar-refractivity contribution in [3.8, 4) is 0 Å². The molecule has 0 heterocycles. The van der Waals surface area contributed by atoms with Gasteiger partial charge in [-0.2, -0.15) is 0 Å². The van der Waals surface area contributed by atoms with Gasteiger partial charge < -0.3 is 20.5 Å². The van der Waals surface area contributed by atoms with Crippen molar-refractivity contribution in [3.63, 3.8) is 0 Å². The van der Waals surface area contributed by atoms with Crippen LogP contribution in [-0.2, 0) is 14.3 Å². The van der Waals surface area contributed by atoms with Gasteiger partial charge >= 0.3 is 12.1 Å². The maximum atomic E-state index is 11.6. The van der Waals surface area contributed by atoms with Gasteiger partial charge in [0.15, 0.2) is 0 Å². The first-order chi connectivity index (χ1) is 8.91. The predicted octanol–water partition coefficient (Wildman–Crippen LogP) is 1.96. The molecule has 0 spiro atoms. The Morgan fingerprint density at radius 3 is 2.00 bits per heavy atom. The van der Waals surface area contributed by atoms with Crippen LogP contribution in [0.3, 0.4) is 0 Å². The average molecular weight is 288 g/mol. The Morgan fingerprint density at radius 2 is 1.55 bits per heavy atom. The van der Waals surface area contributed by atoms with E-state index in [0.29, 0.717) is 19.4 Å². The molecule has 1 atom stereocenters. The second-order valence-electron chi connectivity index (χ2n) is 6.71. The van der Waals surface area contributed by atoms with Crippen LogP contribution in [0.5, 0.6) is 0 Å². The van der Waals surface area contributed by atoms with Crippen molar-refractivity contribution in [3.05, 3.63) is 0 Å². The molecule has 0 aliphatic rings. The number of ether oxygens (including phenoxy) is 2. The fourth-order valence-corrected chi connectivity index (χ4v) is 1.32. The third-order valence-electron chi connectivity index (χ3n) is 2.07. The number of esters is 1. The van der Waals surface area contributed by atoms with Gasteiger partial charge in [-0.05, 0) is 54.4 Å². The molecule has 0 rings (SSSR count). The van der Waals surface area contributed by atoms with E-state index in [9.17, 15) is 9.59 Å². The summed E-state index contributed by atoms with van der Waals surface area (Å²) in [6.45, 7) is 11.2. The van der Waals surface area contributed by atoms with Crippen LogP contribution in [0.4, 0.5) is 4.79 Å². The highest BCUT2D eigenvalue weighted by Crippen LogP contribution is 2.09. The summed E-state index contributed by atoms with van der Waals surface area (Å²) in [5.74, 6) is -0.422. The van der Waals surface area contributed by atoms with E-state index in [-0.39, 0.29) is 0 Å². The largest absolute Gasteiger partial charge is 0.459 e. The van der Waals surface area contributed by atoms with Crippen LogP contribution in [-0.4, -0.2) is 35.9 Å². The van der Waals surface area contributed by atoms with Gasteiger partial charge in [0.2, 0.25) is 0 Å². The van der Waals surface area contributed by atoms with Gasteiger partial charge in [-0.25, -0.2) is 4.79 Å². The zero-order chi connectivity index (χ0) is 16.0. The maximum Gasteiger partial charge on any atom is 0.407 e. The summed E-state index contributed by atoms with van der Waals surface area (Å²) in [6.07, 6.45) is 0.563. The number of carbonyl (C=O) groups is 2. The number of nitrogens with two attached hydrogens (primary N) is 1. The first-order valence-corrected chi connectivity index (χ1v) is 6.86. The third-order valence-corrected chi connectivity index (χ3v) is 2.07. The molecule has 0 bridgehead atoms. The molecule has 0 aromatic rings. The van der Waals surface area contributed by atoms with Crippen LogP contribution in [0.15, 0.2) is 0 Å². The van der Waals surface area contributed by atoms with Crippen molar-refractivity contribution in [2.75, 3.05) is 6.54 Å². The highest BCUT2D eigenvalue weighted by molar-refractivity contribution is 5.75. The lowest BCUT2D eigenvalue weighted by molar-refractivity contribution is -0.156. The van der Waals surface area contributed by atoms with Crippen molar-refractivity contribution in [2.24, 2.45) is 5.73 Å². The molecule has 1 amide bonds. The van der Waals surface area contributed by atoms with Crippen molar-refractivity contribution in [1.82, 2.24) is 5.32 Å². The summed E-state index contributed by atoms with van der Waals surface area (Å²) in [5.41, 5.74) is 4.67. The molecule has 0 aromatic carbocycles. The molecule has 0 saturated carbocycles. The van der Waals surface area contributed by atoms with Gasteiger partial charge in [-0.15, -0.1) is 0 Å². The zero-order valence-electron chi connectivity index (χ0n) is 13.4. The van der Waals surface area contributed by atoms with E-state index < -0.39 is 29.3 Å². The van der Waals surface area contributed by atoms with Gasteiger partial charge in [0.1, 0.15) is 17.2 Å². The average Bonchev–Trinajstić information content (AvgIpc) is 2.18. The number of carbonyl (C=O) groups excluding carboxylic acids is 2. The summed E-state index contributed by atoms with van der Waals surface area (Å²) in [5, 5.41) is 2.61. The van der Waals surface area contributed by atoms with E-state index in [1.807, 2.05) is 0 Å². The molecule has 20 heavy (non-hydrogen) atoms. The number of hydrogen-bond donors (Lipinski definition) is 2. The Bertz CT molecular complexity index is 329. The fraction of sp³-hybridized carbons (Fsp3) is 0.857. The van der Waals surface area contributed by atoms with Crippen molar-refractivity contribution in [2.45, 2.75) is 71.6 Å². The van der Waals surface area contributed by atoms with Crippen molar-refractivity contribution in [1.29, 1.82) is 0 Å². The van der Waals surface area contributed by atoms with Crippen LogP contribution < -0.4 is 11.1 Å². The Morgan fingerprint density at radius 1 is 1.05 bits per heavy atom. The van der Waals surface area contributed by atoms with Gasteiger partial charge in [-0.3, -0.25) is 4.79 Å². The Labute approximate surface area is 121 Å². The fourth-order valence-electron chi connectivity index (χ4n) is 1.32. The molecule has 6 heteroatoms. The number of rotatable bonds is 5. The number of hydrogen-bond acceptors (Lipinski definition) is 5. The summed E-state index contributed by atoms with van der Waals surface area (Å²) < 4.78 is 10.3. The summed E-state index contributed by atoms with van der Waals surface area (Å²) in [7, 11) is 0. The molecular formula is C14H28N2O4. The number of amides is 1. The molecule has 6 nitrogen and oxygen atoms in total. The highest BCUT2D eigenvalue weighted by Gasteiger charge is 2.22. The van der Waals surface area contributed by atoms with Gasteiger partial charge in [0.05, 0.1) is 0 Å². The molecule has 0 aliphatic heterocycles. The first kappa shape index (κ1) is 18.7. The van der Waals surface area contributed by atoms with E-state index in [0.717, 1.165) is 0 Å². The molecule has 0 fully saturated rings. The van der Waals surface area contributed by atoms with E-state index in [4.69, 9.17) is 15.2 Å². The molecule has 0 aliphatic carbocycles. The van der Waals surface area contributed by atoms with Crippen LogP contribution in [0, 0.1) is 0 Å². The molecule has 118 valence electrons. The summed E-state index contributed by atoms with van der Waals surface area (Å²) >= 11 is 0. The Kier molecular flexibility index (Phi) is 6.99. The van der Waals surface area contributed by atoms with E-state index in [2.05, 4.69) is 5.32 Å². The minimum Gasteiger partial charge on any atom is -0.459 e. The van der Waals surface area contributed by atoms with E-state index >= 15 is 0 Å². The Balaban J connectivity index is 3.85. The third kappa shape index (κ3) is 10.6. The Hall–Kier alpha value is -1.30. The van der Waals surface area contributed by atoms with Crippen LogP contribution >= 0.6 is 0 Å². The smallest absolute Gasteiger partial charge is 0.407 e. The minimum absolute atomic E-state index is 0.408. The topological polar surface area (TPSA) is 90.6 Å². The normalized spacial score (nSPS) is 13.6. The van der Waals surface area contributed by atoms with Crippen LogP contribution in [0.25, 0.3) is 0 Å². The van der Waals surface area contributed by atoms with Crippen LogP contribution in [0.2, 0.25) is 0 Å². The standard InChI is InChI=1S/C14H28N2O4/c1-13(2,3)19-11(17)10(15)8-7-9-16-12(18)20-14(4,5)6/h10H,7-9,15H2,1-6H3,(H,16,18)/t10-/m0/s1. The molecule has 0 aromatic heterocycles. The second-order valence-corrected chi connectivity index (χ2v) is 6.71. The van der Waals surface area contributed by atoms with Crippen LogP contribution in [0.1, 0.15) is 54.4 Å². The molecule has 0 saturated heterocycles. The van der Waals surface area contributed by atoms with Crippen molar-refractivity contribution < 1.29 is 19.1 Å². The lowest BCUT2D eigenvalue weighted by atomic mass is 10.1. The molecule has 0 unspecified atom stereocenters. The lowest BCUT2D eigenvalue weighted by Gasteiger charge is -2.22. The summed E-state index contributed by atoms with van der Waals surface area (Å²) in [6, 6.07) is -0.672. The highest BCUT2D eigenvalue weighted by atomic mass is 16.6. The maximum absolute atomic E-state index is 11.6. The number of alkyl carbamates (subject to hydrolysis) is 1. The second kappa shape index (κ2) is 7.47. The molecule has 0 radical (unpaired) electrons. The minimum atomic E-state index is -0.672. The van der Waals surface area contributed by atoms with Gasteiger partial charge in [0, 0.05) is 6.54 Å². The quantitative estimate of drug-likeness (QED) is 0.596. The molecule has 3 N–H and O–H groups in total. The van der Waals surface area contributed by atoms with Gasteiger partial charge in [0.25, 0.3) is 0 Å². The van der Waals surface area contributed by atoms with E-state index in [1.54, 1.807) is 41.5 Å². The van der Waals surface area contributed by atoms with E-state index in [1.165, 1.54) is 0 Å². The SMILES string of the molecule is CC(C)(C)OC(=O)NCCC[C@H](N)C(=O)OC(C)(C)C. The zero-order valence-corrected chi connectivity index (χ0v) is 13.4. The van der Waals surface area contributed by atoms with Gasteiger partial charge in [-0.1, -0.05) is 0 Å². The van der Waals surface area contributed by atoms with Crippen molar-refractivity contribution >= 4 is 12.1 Å². The lowest BCUT2D eigenvalue weighted by Crippen LogP contribution is -2.38. The monoisotopic (exact) mass is 288 g/mol.